The summed E-state index contributed by atoms with van der Waals surface area (Å²) in [6.45, 7) is 9.42. The van der Waals surface area contributed by atoms with E-state index in [1.54, 1.807) is 41.7 Å². The highest BCUT2D eigenvalue weighted by molar-refractivity contribution is 7.84. The van der Waals surface area contributed by atoms with E-state index in [1.807, 2.05) is 58.2 Å². The average molecular weight is 561 g/mol. The Balaban J connectivity index is 1.88. The fourth-order valence-electron chi connectivity index (χ4n) is 4.47. The number of nitrogens with one attached hydrogen (secondary N) is 1. The van der Waals surface area contributed by atoms with Crippen LogP contribution in [-0.2, 0) is 17.8 Å². The van der Waals surface area contributed by atoms with Crippen LogP contribution in [0, 0.1) is 33.5 Å². The summed E-state index contributed by atoms with van der Waals surface area (Å²) in [5.41, 5.74) is 5.76. The van der Waals surface area contributed by atoms with Gasteiger partial charge in [-0.05, 0) is 64.4 Å². The van der Waals surface area contributed by atoms with Crippen LogP contribution in [0.4, 0.5) is 10.1 Å². The Morgan fingerprint density at radius 3 is 2.38 bits per heavy atom. The Hall–Kier alpha value is -4.18. The molecule has 0 saturated carbocycles. The van der Waals surface area contributed by atoms with Crippen molar-refractivity contribution < 1.29 is 8.60 Å². The molecule has 10 heteroatoms. The molecule has 0 bridgehead atoms. The summed E-state index contributed by atoms with van der Waals surface area (Å²) in [6.07, 6.45) is 6.79. The summed E-state index contributed by atoms with van der Waals surface area (Å²) in [4.78, 5) is 22.3. The second kappa shape index (κ2) is 11.9. The SMILES string of the molecule is Cc1cc([C@@H](C)Nc2ccc(F)cc2S(C)=O)ccc(-c2cn(-c3cnc(C)nc3)nc2C)n(C)c(=O)c(C)c1. The maximum Gasteiger partial charge on any atom is 0.253 e. The molecule has 3 heterocycles. The van der Waals surface area contributed by atoms with Gasteiger partial charge in [-0.1, -0.05) is 23.8 Å². The van der Waals surface area contributed by atoms with Crippen LogP contribution < -0.4 is 10.9 Å². The van der Waals surface area contributed by atoms with Crippen LogP contribution in [0.5, 0.6) is 0 Å². The molecule has 3 aromatic heterocycles. The second-order valence-corrected chi connectivity index (χ2v) is 11.2. The monoisotopic (exact) mass is 560 g/mol. The number of halogens is 1. The van der Waals surface area contributed by atoms with Gasteiger partial charge in [-0.2, -0.15) is 5.10 Å². The molecule has 0 spiro atoms. The Labute approximate surface area is 235 Å². The lowest BCUT2D eigenvalue weighted by Crippen LogP contribution is -2.18. The number of aromatic nitrogens is 5. The van der Waals surface area contributed by atoms with Gasteiger partial charge in [0.1, 0.15) is 17.3 Å². The highest BCUT2D eigenvalue weighted by Gasteiger charge is 2.14. The van der Waals surface area contributed by atoms with E-state index < -0.39 is 16.6 Å². The normalized spacial score (nSPS) is 12.5. The van der Waals surface area contributed by atoms with E-state index >= 15 is 0 Å². The van der Waals surface area contributed by atoms with Gasteiger partial charge in [0.25, 0.3) is 5.56 Å². The molecule has 0 aliphatic heterocycles. The molecular formula is C30H33FN6O2S. The summed E-state index contributed by atoms with van der Waals surface area (Å²) >= 11 is 0. The van der Waals surface area contributed by atoms with E-state index in [0.29, 0.717) is 33.4 Å². The molecule has 0 saturated heterocycles. The van der Waals surface area contributed by atoms with Crippen molar-refractivity contribution in [3.63, 3.8) is 0 Å². The van der Waals surface area contributed by atoms with Crippen LogP contribution in [0.15, 0.2) is 70.7 Å². The predicted molar refractivity (Wildman–Crippen MR) is 157 cm³/mol. The molecule has 4 aromatic rings. The first kappa shape index (κ1) is 28.8. The lowest BCUT2D eigenvalue weighted by atomic mass is 10.1. The van der Waals surface area contributed by atoms with Gasteiger partial charge in [-0.25, -0.2) is 19.0 Å². The first-order chi connectivity index (χ1) is 18.9. The van der Waals surface area contributed by atoms with Crippen LogP contribution in [0.3, 0.4) is 0 Å². The van der Waals surface area contributed by atoms with E-state index in [2.05, 4.69) is 20.4 Å². The maximum atomic E-state index is 13.9. The smallest absolute Gasteiger partial charge is 0.253 e. The predicted octanol–water partition coefficient (Wildman–Crippen LogP) is 5.44. The molecule has 1 unspecified atom stereocenters. The molecule has 1 N–H and O–H groups in total. The van der Waals surface area contributed by atoms with E-state index in [0.717, 1.165) is 22.4 Å². The van der Waals surface area contributed by atoms with E-state index in [4.69, 9.17) is 0 Å². The van der Waals surface area contributed by atoms with Gasteiger partial charge in [0.2, 0.25) is 0 Å². The minimum absolute atomic E-state index is 0.130. The molecule has 0 amide bonds. The quantitative estimate of drug-likeness (QED) is 0.338. The highest BCUT2D eigenvalue weighted by atomic mass is 32.2. The molecular weight excluding hydrogens is 527 g/mol. The van der Waals surface area contributed by atoms with Gasteiger partial charge in [0.05, 0.1) is 45.2 Å². The topological polar surface area (TPSA) is 94.7 Å². The summed E-state index contributed by atoms with van der Waals surface area (Å²) in [5.74, 6) is 0.225. The molecule has 208 valence electrons. The van der Waals surface area contributed by atoms with Crippen molar-refractivity contribution in [2.24, 2.45) is 7.05 Å². The summed E-state index contributed by atoms with van der Waals surface area (Å²) < 4.78 is 29.5. The van der Waals surface area contributed by atoms with Gasteiger partial charge in [-0.3, -0.25) is 9.00 Å². The minimum atomic E-state index is -1.37. The minimum Gasteiger partial charge on any atom is -0.378 e. The lowest BCUT2D eigenvalue weighted by molar-refractivity contribution is 0.622. The van der Waals surface area contributed by atoms with Crippen LogP contribution >= 0.6 is 0 Å². The second-order valence-electron chi connectivity index (χ2n) is 9.82. The Morgan fingerprint density at radius 1 is 1.00 bits per heavy atom. The third kappa shape index (κ3) is 6.34. The first-order valence-electron chi connectivity index (χ1n) is 12.8. The fraction of sp³-hybridized carbons (Fsp3) is 0.267. The zero-order valence-electron chi connectivity index (χ0n) is 23.7. The van der Waals surface area contributed by atoms with Crippen LogP contribution in [-0.4, -0.2) is 34.8 Å². The number of rotatable bonds is 6. The van der Waals surface area contributed by atoms with Gasteiger partial charge in [0.15, 0.2) is 0 Å². The number of benzene rings is 1. The van der Waals surface area contributed by atoms with E-state index in [9.17, 15) is 13.4 Å². The zero-order chi connectivity index (χ0) is 29.1. The Bertz CT molecular complexity index is 1710. The lowest BCUT2D eigenvalue weighted by Gasteiger charge is -2.18. The fourth-order valence-corrected chi connectivity index (χ4v) is 5.19. The third-order valence-corrected chi connectivity index (χ3v) is 7.56. The van der Waals surface area contributed by atoms with Crippen molar-refractivity contribution in [2.45, 2.75) is 45.6 Å². The standard InChI is InChI=1S/C30H33FN6O2S/c1-18-12-19(2)30(38)36(6)28(26-17-37(35-21(26)4)25-15-32-22(5)33-16-25)11-8-23(13-18)20(3)34-27-10-9-24(31)14-29(27)40(7)39/h8-17,20,34H,1-7H3/t20-,40?/m1/s1. The van der Waals surface area contributed by atoms with Crippen molar-refractivity contribution in [1.29, 1.82) is 0 Å². The Morgan fingerprint density at radius 2 is 1.70 bits per heavy atom. The molecule has 40 heavy (non-hydrogen) atoms. The Kier molecular flexibility index (Phi) is 8.58. The van der Waals surface area contributed by atoms with Gasteiger partial charge in [0, 0.05) is 36.7 Å². The largest absolute Gasteiger partial charge is 0.378 e. The molecule has 1 aromatic carbocycles. The van der Waals surface area contributed by atoms with Crippen LogP contribution in [0.1, 0.15) is 41.2 Å². The average Bonchev–Trinajstić information content (AvgIpc) is 3.29. The van der Waals surface area contributed by atoms with E-state index in [1.165, 1.54) is 18.4 Å². The molecule has 8 nitrogen and oxygen atoms in total. The molecule has 0 radical (unpaired) electrons. The first-order valence-corrected chi connectivity index (χ1v) is 14.3. The number of hydrogen-bond acceptors (Lipinski definition) is 6. The molecule has 0 aliphatic carbocycles. The molecule has 2 atom stereocenters. The number of anilines is 1. The molecule has 0 fully saturated rings. The van der Waals surface area contributed by atoms with Crippen LogP contribution in [0.25, 0.3) is 16.9 Å². The van der Waals surface area contributed by atoms with E-state index in [-0.39, 0.29) is 11.6 Å². The number of hydrogen-bond donors (Lipinski definition) is 1. The highest BCUT2D eigenvalue weighted by Crippen LogP contribution is 2.27. The van der Waals surface area contributed by atoms with Crippen molar-refractivity contribution in [2.75, 3.05) is 11.6 Å². The zero-order valence-corrected chi connectivity index (χ0v) is 24.5. The summed E-state index contributed by atoms with van der Waals surface area (Å²) in [7, 11) is 0.371. The third-order valence-electron chi connectivity index (χ3n) is 6.61. The van der Waals surface area contributed by atoms with Crippen molar-refractivity contribution in [3.05, 3.63) is 105 Å². The maximum absolute atomic E-state index is 13.9. The number of aryl methyl sites for hydroxylation is 4. The van der Waals surface area contributed by atoms with Crippen LogP contribution in [0.2, 0.25) is 0 Å². The van der Waals surface area contributed by atoms with Crippen molar-refractivity contribution in [1.82, 2.24) is 24.3 Å². The summed E-state index contributed by atoms with van der Waals surface area (Å²) in [5, 5.41) is 8.04. The van der Waals surface area contributed by atoms with Gasteiger partial charge in [-0.15, -0.1) is 0 Å². The number of nitrogens with zero attached hydrogens (tertiary/aromatic N) is 5. The van der Waals surface area contributed by atoms with Crippen molar-refractivity contribution >= 4 is 16.5 Å². The molecule has 0 aliphatic rings. The van der Waals surface area contributed by atoms with Gasteiger partial charge < -0.3 is 9.88 Å². The molecule has 4 rings (SSSR count). The van der Waals surface area contributed by atoms with Crippen molar-refractivity contribution in [3.8, 4) is 16.9 Å². The summed E-state index contributed by atoms with van der Waals surface area (Å²) in [6, 6.07) is 11.7. The van der Waals surface area contributed by atoms with Gasteiger partial charge >= 0.3 is 0 Å².